The minimum atomic E-state index is -0.508. The summed E-state index contributed by atoms with van der Waals surface area (Å²) in [4.78, 5) is 11.0. The van der Waals surface area contributed by atoms with E-state index in [9.17, 15) is 14.5 Å². The van der Waals surface area contributed by atoms with Crippen LogP contribution >= 0.6 is 11.8 Å². The Hall–Kier alpha value is -2.08. The highest BCUT2D eigenvalue weighted by molar-refractivity contribution is 7.98. The molecule has 0 saturated heterocycles. The highest BCUT2D eigenvalue weighted by Gasteiger charge is 2.11. The molecule has 0 fully saturated rings. The fourth-order valence-corrected chi connectivity index (χ4v) is 2.44. The first-order chi connectivity index (χ1) is 9.06. The molecule has 0 unspecified atom stereocenters. The quantitative estimate of drug-likeness (QED) is 0.401. The number of nitro groups is 1. The van der Waals surface area contributed by atoms with Gasteiger partial charge in [0.2, 0.25) is 0 Å². The summed E-state index contributed by atoms with van der Waals surface area (Å²) in [6.07, 6.45) is 0. The van der Waals surface area contributed by atoms with E-state index in [2.05, 4.69) is 0 Å². The van der Waals surface area contributed by atoms with Gasteiger partial charge in [0.05, 0.1) is 4.92 Å². The molecule has 0 aliphatic rings. The molecule has 0 atom stereocenters. The van der Waals surface area contributed by atoms with Gasteiger partial charge < -0.3 is 5.73 Å². The van der Waals surface area contributed by atoms with Gasteiger partial charge in [-0.05, 0) is 29.8 Å². The molecule has 2 rings (SSSR count). The summed E-state index contributed by atoms with van der Waals surface area (Å²) in [6.45, 7) is 0. The number of nitrogens with zero attached hydrogens (tertiary/aromatic N) is 1. The van der Waals surface area contributed by atoms with Gasteiger partial charge >= 0.3 is 0 Å². The molecule has 2 aromatic rings. The normalized spacial score (nSPS) is 10.4. The zero-order valence-electron chi connectivity index (χ0n) is 9.88. The number of nitro benzene ring substituents is 1. The largest absolute Gasteiger partial charge is 0.393 e. The highest BCUT2D eigenvalue weighted by atomic mass is 32.2. The van der Waals surface area contributed by atoms with E-state index in [1.54, 1.807) is 18.2 Å². The zero-order valence-corrected chi connectivity index (χ0v) is 10.7. The van der Waals surface area contributed by atoms with Crippen LogP contribution < -0.4 is 5.73 Å². The average Bonchev–Trinajstić information content (AvgIpc) is 2.37. The Labute approximate surface area is 113 Å². The second-order valence-electron chi connectivity index (χ2n) is 3.90. The maximum atomic E-state index is 13.0. The zero-order chi connectivity index (χ0) is 13.8. The van der Waals surface area contributed by atoms with Crippen molar-refractivity contribution in [2.24, 2.45) is 0 Å². The summed E-state index contributed by atoms with van der Waals surface area (Å²) < 4.78 is 13.0. The standard InChI is InChI=1S/C13H11FN2O2S/c14-10-2-1-3-11(7-10)19-8-9-4-5-12(15)13(6-9)16(17)18/h1-7H,8,15H2. The summed E-state index contributed by atoms with van der Waals surface area (Å²) in [6, 6.07) is 10.9. The molecule has 0 radical (unpaired) electrons. The molecular weight excluding hydrogens is 267 g/mol. The van der Waals surface area contributed by atoms with Crippen molar-refractivity contribution in [1.29, 1.82) is 0 Å². The molecule has 0 spiro atoms. The molecule has 98 valence electrons. The third-order valence-corrected chi connectivity index (χ3v) is 3.56. The van der Waals surface area contributed by atoms with Gasteiger partial charge in [-0.1, -0.05) is 12.1 Å². The molecule has 2 aromatic carbocycles. The lowest BCUT2D eigenvalue weighted by atomic mass is 10.2. The van der Waals surface area contributed by atoms with Gasteiger partial charge in [-0.15, -0.1) is 11.8 Å². The average molecular weight is 278 g/mol. The van der Waals surface area contributed by atoms with Crippen LogP contribution in [0.4, 0.5) is 15.8 Å². The minimum absolute atomic E-state index is 0.0997. The summed E-state index contributed by atoms with van der Waals surface area (Å²) >= 11 is 1.41. The third kappa shape index (κ3) is 3.45. The minimum Gasteiger partial charge on any atom is -0.393 e. The van der Waals surface area contributed by atoms with Crippen LogP contribution in [0.2, 0.25) is 0 Å². The first-order valence-electron chi connectivity index (χ1n) is 5.47. The number of rotatable bonds is 4. The number of halogens is 1. The van der Waals surface area contributed by atoms with Gasteiger partial charge in [-0.25, -0.2) is 4.39 Å². The summed E-state index contributed by atoms with van der Waals surface area (Å²) in [5.74, 6) is 0.221. The van der Waals surface area contributed by atoms with Crippen molar-refractivity contribution in [3.05, 3.63) is 64.0 Å². The van der Waals surface area contributed by atoms with Gasteiger partial charge in [0.1, 0.15) is 11.5 Å². The first-order valence-corrected chi connectivity index (χ1v) is 6.46. The number of nitrogens with two attached hydrogens (primary N) is 1. The maximum absolute atomic E-state index is 13.0. The third-order valence-electron chi connectivity index (χ3n) is 2.49. The Balaban J connectivity index is 2.12. The number of hydrogen-bond acceptors (Lipinski definition) is 4. The Morgan fingerprint density at radius 2 is 2.05 bits per heavy atom. The van der Waals surface area contributed by atoms with Crippen LogP contribution in [0, 0.1) is 15.9 Å². The van der Waals surface area contributed by atoms with Gasteiger partial charge in [0.15, 0.2) is 0 Å². The van der Waals surface area contributed by atoms with E-state index in [0.717, 1.165) is 10.5 Å². The summed E-state index contributed by atoms with van der Waals surface area (Å²) in [5, 5.41) is 10.8. The van der Waals surface area contributed by atoms with Crippen LogP contribution in [0.1, 0.15) is 5.56 Å². The van der Waals surface area contributed by atoms with Crippen LogP contribution in [-0.4, -0.2) is 4.92 Å². The van der Waals surface area contributed by atoms with Crippen LogP contribution in [0.5, 0.6) is 0 Å². The molecule has 0 amide bonds. The molecule has 19 heavy (non-hydrogen) atoms. The molecule has 0 bridgehead atoms. The summed E-state index contributed by atoms with van der Waals surface area (Å²) in [7, 11) is 0. The van der Waals surface area contributed by atoms with Crippen molar-refractivity contribution in [3.63, 3.8) is 0 Å². The molecule has 0 aliphatic heterocycles. The van der Waals surface area contributed by atoms with Crippen LogP contribution in [0.15, 0.2) is 47.4 Å². The molecular formula is C13H11FN2O2S. The van der Waals surface area contributed by atoms with E-state index >= 15 is 0 Å². The number of thioether (sulfide) groups is 1. The summed E-state index contributed by atoms with van der Waals surface area (Å²) in [5.41, 5.74) is 6.34. The molecule has 2 N–H and O–H groups in total. The smallest absolute Gasteiger partial charge is 0.292 e. The molecule has 4 nitrogen and oxygen atoms in total. The number of anilines is 1. The van der Waals surface area contributed by atoms with Crippen molar-refractivity contribution < 1.29 is 9.31 Å². The molecule has 0 saturated carbocycles. The molecule has 0 aromatic heterocycles. The Morgan fingerprint density at radius 3 is 2.74 bits per heavy atom. The Morgan fingerprint density at radius 1 is 1.26 bits per heavy atom. The van der Waals surface area contributed by atoms with E-state index in [0.29, 0.717) is 5.75 Å². The van der Waals surface area contributed by atoms with Gasteiger partial charge in [-0.3, -0.25) is 10.1 Å². The van der Waals surface area contributed by atoms with E-state index in [1.807, 2.05) is 0 Å². The van der Waals surface area contributed by atoms with E-state index < -0.39 is 4.92 Å². The Kier molecular flexibility index (Phi) is 4.01. The topological polar surface area (TPSA) is 69.2 Å². The molecule has 0 heterocycles. The lowest BCUT2D eigenvalue weighted by Gasteiger charge is -2.03. The van der Waals surface area contributed by atoms with E-state index in [-0.39, 0.29) is 17.2 Å². The SMILES string of the molecule is Nc1ccc(CSc2cccc(F)c2)cc1[N+](=O)[O-]. The second-order valence-corrected chi connectivity index (χ2v) is 4.95. The van der Waals surface area contributed by atoms with Gasteiger partial charge in [0, 0.05) is 16.7 Å². The number of benzene rings is 2. The van der Waals surface area contributed by atoms with Crippen LogP contribution in [-0.2, 0) is 5.75 Å². The van der Waals surface area contributed by atoms with E-state index in [1.165, 1.54) is 36.0 Å². The van der Waals surface area contributed by atoms with Crippen LogP contribution in [0.3, 0.4) is 0 Å². The molecule has 0 aliphatic carbocycles. The van der Waals surface area contributed by atoms with Crippen molar-refractivity contribution in [2.45, 2.75) is 10.6 Å². The fraction of sp³-hybridized carbons (Fsp3) is 0.0769. The maximum Gasteiger partial charge on any atom is 0.292 e. The highest BCUT2D eigenvalue weighted by Crippen LogP contribution is 2.27. The van der Waals surface area contributed by atoms with Crippen molar-refractivity contribution in [1.82, 2.24) is 0 Å². The fourth-order valence-electron chi connectivity index (χ4n) is 1.56. The van der Waals surface area contributed by atoms with Crippen molar-refractivity contribution >= 4 is 23.1 Å². The van der Waals surface area contributed by atoms with E-state index in [4.69, 9.17) is 5.73 Å². The van der Waals surface area contributed by atoms with Gasteiger partial charge in [-0.2, -0.15) is 0 Å². The van der Waals surface area contributed by atoms with Gasteiger partial charge in [0.25, 0.3) is 5.69 Å². The predicted octanol–water partition coefficient (Wildman–Crippen LogP) is 3.61. The monoisotopic (exact) mass is 278 g/mol. The predicted molar refractivity (Wildman–Crippen MR) is 73.5 cm³/mol. The molecule has 6 heteroatoms. The Bertz CT molecular complexity index is 619. The van der Waals surface area contributed by atoms with Crippen molar-refractivity contribution in [2.75, 3.05) is 5.73 Å². The lowest BCUT2D eigenvalue weighted by Crippen LogP contribution is -1.96. The second kappa shape index (κ2) is 5.71. The first kappa shape index (κ1) is 13.4. The van der Waals surface area contributed by atoms with Crippen molar-refractivity contribution in [3.8, 4) is 0 Å². The van der Waals surface area contributed by atoms with Crippen LogP contribution in [0.25, 0.3) is 0 Å². The number of hydrogen-bond donors (Lipinski definition) is 1. The lowest BCUT2D eigenvalue weighted by molar-refractivity contribution is -0.383. The number of nitrogen functional groups attached to an aromatic ring is 1.